The Kier molecular flexibility index (Phi) is 3.99. The molecule has 3 aromatic carbocycles. The minimum Gasteiger partial charge on any atom is -0.508 e. The Morgan fingerprint density at radius 2 is 1.62 bits per heavy atom. The predicted molar refractivity (Wildman–Crippen MR) is 102 cm³/mol. The van der Waals surface area contributed by atoms with Crippen molar-refractivity contribution in [2.75, 3.05) is 10.6 Å². The quantitative estimate of drug-likeness (QED) is 0.410. The number of aromatic amines is 1. The molecule has 0 unspecified atom stereocenters. The molecule has 6 heteroatoms. The number of amides is 2. The first-order valence-corrected chi connectivity index (χ1v) is 8.10. The van der Waals surface area contributed by atoms with Crippen LogP contribution < -0.4 is 10.6 Å². The van der Waals surface area contributed by atoms with E-state index in [0.29, 0.717) is 17.2 Å². The van der Waals surface area contributed by atoms with E-state index in [-0.39, 0.29) is 11.8 Å². The number of imidazole rings is 1. The van der Waals surface area contributed by atoms with Crippen LogP contribution in [0.5, 0.6) is 5.75 Å². The third-order valence-electron chi connectivity index (χ3n) is 3.94. The summed E-state index contributed by atoms with van der Waals surface area (Å²) in [5, 5.41) is 14.9. The van der Waals surface area contributed by atoms with E-state index < -0.39 is 0 Å². The number of para-hydroxylation sites is 3. The molecule has 0 atom stereocenters. The van der Waals surface area contributed by atoms with Crippen molar-refractivity contribution in [1.82, 2.24) is 9.97 Å². The fourth-order valence-electron chi connectivity index (χ4n) is 2.71. The largest absolute Gasteiger partial charge is 0.508 e. The number of benzene rings is 3. The lowest BCUT2D eigenvalue weighted by atomic mass is 10.1. The number of nitrogens with zero attached hydrogens (tertiary/aromatic N) is 1. The van der Waals surface area contributed by atoms with Crippen molar-refractivity contribution in [2.24, 2.45) is 0 Å². The van der Waals surface area contributed by atoms with Crippen molar-refractivity contribution in [2.45, 2.75) is 0 Å². The van der Waals surface area contributed by atoms with Crippen LogP contribution in [0.4, 0.5) is 16.2 Å². The average molecular weight is 344 g/mol. The lowest BCUT2D eigenvalue weighted by Crippen LogP contribution is -2.19. The number of hydrogen-bond donors (Lipinski definition) is 4. The summed E-state index contributed by atoms with van der Waals surface area (Å²) in [6.45, 7) is 0. The molecule has 1 heterocycles. The maximum absolute atomic E-state index is 12.3. The van der Waals surface area contributed by atoms with E-state index in [1.807, 2.05) is 48.5 Å². The van der Waals surface area contributed by atoms with Gasteiger partial charge in [-0.05, 0) is 48.5 Å². The molecule has 0 bridgehead atoms. The standard InChI is InChI=1S/C20H16N4O2/c25-14-11-9-13(10-12-14)21-20(26)24-16-6-2-1-5-15(16)19-22-17-7-3-4-8-18(17)23-19/h1-12,25H,(H,22,23)(H2,21,24,26). The minimum absolute atomic E-state index is 0.145. The monoisotopic (exact) mass is 344 g/mol. The number of aromatic nitrogens is 2. The van der Waals surface area contributed by atoms with Gasteiger partial charge >= 0.3 is 6.03 Å². The summed E-state index contributed by atoms with van der Waals surface area (Å²) in [5.41, 5.74) is 3.82. The van der Waals surface area contributed by atoms with Gasteiger partial charge in [0, 0.05) is 11.3 Å². The van der Waals surface area contributed by atoms with E-state index in [9.17, 15) is 9.90 Å². The highest BCUT2D eigenvalue weighted by Crippen LogP contribution is 2.27. The number of aromatic hydroxyl groups is 1. The number of carbonyl (C=O) groups is 1. The van der Waals surface area contributed by atoms with Crippen LogP contribution in [0.3, 0.4) is 0 Å². The number of urea groups is 1. The van der Waals surface area contributed by atoms with Crippen molar-refractivity contribution < 1.29 is 9.90 Å². The Morgan fingerprint density at radius 3 is 2.42 bits per heavy atom. The lowest BCUT2D eigenvalue weighted by Gasteiger charge is -2.11. The van der Waals surface area contributed by atoms with Crippen molar-refractivity contribution >= 4 is 28.4 Å². The molecule has 128 valence electrons. The third kappa shape index (κ3) is 3.21. The van der Waals surface area contributed by atoms with Gasteiger partial charge in [0.2, 0.25) is 0 Å². The molecule has 0 fully saturated rings. The molecule has 0 spiro atoms. The molecule has 4 N–H and O–H groups in total. The number of H-pyrrole nitrogens is 1. The predicted octanol–water partition coefficient (Wildman–Crippen LogP) is 4.58. The maximum Gasteiger partial charge on any atom is 0.323 e. The molecular weight excluding hydrogens is 328 g/mol. The van der Waals surface area contributed by atoms with E-state index in [1.54, 1.807) is 12.1 Å². The Hall–Kier alpha value is -3.80. The second-order valence-electron chi connectivity index (χ2n) is 5.77. The summed E-state index contributed by atoms with van der Waals surface area (Å²) in [6, 6.07) is 21.1. The van der Waals surface area contributed by atoms with Gasteiger partial charge in [0.15, 0.2) is 0 Å². The van der Waals surface area contributed by atoms with E-state index in [4.69, 9.17) is 0 Å². The molecule has 4 rings (SSSR count). The van der Waals surface area contributed by atoms with Gasteiger partial charge in [-0.2, -0.15) is 0 Å². The Morgan fingerprint density at radius 1 is 0.885 bits per heavy atom. The van der Waals surface area contributed by atoms with E-state index in [2.05, 4.69) is 20.6 Å². The zero-order valence-electron chi connectivity index (χ0n) is 13.7. The number of fused-ring (bicyclic) bond motifs is 1. The van der Waals surface area contributed by atoms with Crippen molar-refractivity contribution in [1.29, 1.82) is 0 Å². The van der Waals surface area contributed by atoms with Crippen LogP contribution >= 0.6 is 0 Å². The number of phenols is 1. The number of carbonyl (C=O) groups excluding carboxylic acids is 1. The van der Waals surface area contributed by atoms with Gasteiger partial charge in [0.1, 0.15) is 11.6 Å². The number of hydrogen-bond acceptors (Lipinski definition) is 3. The Bertz CT molecular complexity index is 1040. The van der Waals surface area contributed by atoms with Gasteiger partial charge in [0.05, 0.1) is 16.7 Å². The van der Waals surface area contributed by atoms with Crippen LogP contribution in [-0.4, -0.2) is 21.1 Å². The summed E-state index contributed by atoms with van der Waals surface area (Å²) in [5.74, 6) is 0.831. The van der Waals surface area contributed by atoms with Crippen molar-refractivity contribution in [3.05, 3.63) is 72.8 Å². The molecular formula is C20H16N4O2. The zero-order chi connectivity index (χ0) is 17.9. The average Bonchev–Trinajstić information content (AvgIpc) is 3.08. The summed E-state index contributed by atoms with van der Waals surface area (Å²) in [7, 11) is 0. The first-order chi connectivity index (χ1) is 12.7. The second kappa shape index (κ2) is 6.60. The Balaban J connectivity index is 1.59. The topological polar surface area (TPSA) is 90.0 Å². The highest BCUT2D eigenvalue weighted by Gasteiger charge is 2.11. The summed E-state index contributed by atoms with van der Waals surface area (Å²) >= 11 is 0. The molecule has 0 saturated heterocycles. The van der Waals surface area contributed by atoms with Crippen LogP contribution in [0.25, 0.3) is 22.4 Å². The molecule has 2 amide bonds. The molecule has 4 aromatic rings. The van der Waals surface area contributed by atoms with E-state index >= 15 is 0 Å². The Labute approximate surface area is 149 Å². The molecule has 0 radical (unpaired) electrons. The molecule has 0 aliphatic heterocycles. The normalized spacial score (nSPS) is 10.6. The van der Waals surface area contributed by atoms with Crippen LogP contribution in [0.2, 0.25) is 0 Å². The van der Waals surface area contributed by atoms with Crippen LogP contribution in [0, 0.1) is 0 Å². The highest BCUT2D eigenvalue weighted by atomic mass is 16.3. The van der Waals surface area contributed by atoms with Gasteiger partial charge in [0.25, 0.3) is 0 Å². The molecule has 26 heavy (non-hydrogen) atoms. The first kappa shape index (κ1) is 15.7. The highest BCUT2D eigenvalue weighted by molar-refractivity contribution is 6.02. The fraction of sp³-hybridized carbons (Fsp3) is 0. The zero-order valence-corrected chi connectivity index (χ0v) is 13.7. The summed E-state index contributed by atoms with van der Waals surface area (Å²) in [6.07, 6.45) is 0. The maximum atomic E-state index is 12.3. The summed E-state index contributed by atoms with van der Waals surface area (Å²) < 4.78 is 0. The lowest BCUT2D eigenvalue weighted by molar-refractivity contribution is 0.262. The molecule has 0 saturated carbocycles. The van der Waals surface area contributed by atoms with Crippen molar-refractivity contribution in [3.63, 3.8) is 0 Å². The number of anilines is 2. The third-order valence-corrected chi connectivity index (χ3v) is 3.94. The van der Waals surface area contributed by atoms with Gasteiger partial charge in [-0.25, -0.2) is 9.78 Å². The SMILES string of the molecule is O=C(Nc1ccc(O)cc1)Nc1ccccc1-c1nc2ccccc2[nH]1. The number of nitrogens with one attached hydrogen (secondary N) is 3. The van der Waals surface area contributed by atoms with Gasteiger partial charge < -0.3 is 20.7 Å². The first-order valence-electron chi connectivity index (χ1n) is 8.10. The van der Waals surface area contributed by atoms with Crippen LogP contribution in [0.15, 0.2) is 72.8 Å². The van der Waals surface area contributed by atoms with Gasteiger partial charge in [-0.3, -0.25) is 0 Å². The van der Waals surface area contributed by atoms with Crippen LogP contribution in [-0.2, 0) is 0 Å². The van der Waals surface area contributed by atoms with Crippen LogP contribution in [0.1, 0.15) is 0 Å². The van der Waals surface area contributed by atoms with Crippen molar-refractivity contribution in [3.8, 4) is 17.1 Å². The molecule has 0 aliphatic carbocycles. The second-order valence-corrected chi connectivity index (χ2v) is 5.77. The molecule has 0 aliphatic rings. The fourth-order valence-corrected chi connectivity index (χ4v) is 2.71. The number of rotatable bonds is 3. The summed E-state index contributed by atoms with van der Waals surface area (Å²) in [4.78, 5) is 20.2. The van der Waals surface area contributed by atoms with E-state index in [0.717, 1.165) is 16.6 Å². The van der Waals surface area contributed by atoms with Gasteiger partial charge in [-0.15, -0.1) is 0 Å². The van der Waals surface area contributed by atoms with E-state index in [1.165, 1.54) is 12.1 Å². The number of phenolic OH excluding ortho intramolecular Hbond substituents is 1. The minimum atomic E-state index is -0.376. The van der Waals surface area contributed by atoms with Gasteiger partial charge in [-0.1, -0.05) is 24.3 Å². The smallest absolute Gasteiger partial charge is 0.323 e. The molecule has 1 aromatic heterocycles. The molecule has 6 nitrogen and oxygen atoms in total.